The molecule has 6 nitrogen and oxygen atoms in total. The molecule has 3 amide bonds. The minimum atomic E-state index is -0.468. The first kappa shape index (κ1) is 12.3. The van der Waals surface area contributed by atoms with Crippen molar-refractivity contribution in [3.8, 4) is 0 Å². The molecule has 1 aromatic carbocycles. The van der Waals surface area contributed by atoms with Crippen LogP contribution in [0.4, 0.5) is 0 Å². The van der Waals surface area contributed by atoms with Crippen LogP contribution in [0.25, 0.3) is 0 Å². The van der Waals surface area contributed by atoms with E-state index in [1.54, 1.807) is 24.3 Å². The minimum Gasteiger partial charge on any atom is -0.378 e. The summed E-state index contributed by atoms with van der Waals surface area (Å²) in [5, 5.41) is 2.17. The van der Waals surface area contributed by atoms with Crippen molar-refractivity contribution < 1.29 is 19.1 Å². The SMILES string of the molecule is C=C1C(=O)N(N2C(=O)c3ccccc3C2=O)[C@@H]2COC[C@H]12. The van der Waals surface area contributed by atoms with E-state index in [2.05, 4.69) is 6.58 Å². The molecule has 0 aliphatic carbocycles. The van der Waals surface area contributed by atoms with Crippen molar-refractivity contribution in [1.29, 1.82) is 0 Å². The summed E-state index contributed by atoms with van der Waals surface area (Å²) in [5.41, 5.74) is 1.04. The van der Waals surface area contributed by atoms with Crippen LogP contribution in [0, 0.1) is 5.92 Å². The van der Waals surface area contributed by atoms with Gasteiger partial charge in [-0.25, -0.2) is 5.01 Å². The van der Waals surface area contributed by atoms with Crippen molar-refractivity contribution in [1.82, 2.24) is 10.0 Å². The van der Waals surface area contributed by atoms with E-state index in [0.717, 1.165) is 5.01 Å². The summed E-state index contributed by atoms with van der Waals surface area (Å²) in [6, 6.07) is 6.24. The second-order valence-corrected chi connectivity index (χ2v) is 5.35. The maximum atomic E-state index is 12.5. The number of carbonyl (C=O) groups is 3. The first-order valence-corrected chi connectivity index (χ1v) is 6.69. The molecule has 0 spiro atoms. The van der Waals surface area contributed by atoms with Gasteiger partial charge >= 0.3 is 0 Å². The van der Waals surface area contributed by atoms with Gasteiger partial charge in [0, 0.05) is 11.5 Å². The summed E-state index contributed by atoms with van der Waals surface area (Å²) in [7, 11) is 0. The Morgan fingerprint density at radius 1 is 1.00 bits per heavy atom. The smallest absolute Gasteiger partial charge is 0.280 e. The fraction of sp³-hybridized carbons (Fsp3) is 0.267. The van der Waals surface area contributed by atoms with Crippen molar-refractivity contribution in [2.24, 2.45) is 5.92 Å². The van der Waals surface area contributed by atoms with Gasteiger partial charge in [-0.1, -0.05) is 18.7 Å². The van der Waals surface area contributed by atoms with Gasteiger partial charge in [-0.05, 0) is 12.1 Å². The number of imide groups is 1. The molecule has 6 heteroatoms. The van der Waals surface area contributed by atoms with E-state index in [1.807, 2.05) is 0 Å². The Kier molecular flexibility index (Phi) is 2.35. The minimum absolute atomic E-state index is 0.151. The molecular weight excluding hydrogens is 272 g/mol. The molecule has 3 aliphatic rings. The number of rotatable bonds is 1. The number of nitrogens with zero attached hydrogens (tertiary/aromatic N) is 2. The number of carbonyl (C=O) groups excluding carboxylic acids is 3. The lowest BCUT2D eigenvalue weighted by molar-refractivity contribution is -0.137. The van der Waals surface area contributed by atoms with Crippen LogP contribution in [0.5, 0.6) is 0 Å². The van der Waals surface area contributed by atoms with E-state index in [4.69, 9.17) is 4.74 Å². The molecule has 21 heavy (non-hydrogen) atoms. The zero-order chi connectivity index (χ0) is 14.7. The van der Waals surface area contributed by atoms with Gasteiger partial charge in [0.15, 0.2) is 0 Å². The van der Waals surface area contributed by atoms with Crippen LogP contribution in [0.15, 0.2) is 36.4 Å². The van der Waals surface area contributed by atoms with Gasteiger partial charge in [-0.2, -0.15) is 5.01 Å². The molecule has 0 saturated carbocycles. The van der Waals surface area contributed by atoms with Crippen molar-refractivity contribution in [2.75, 3.05) is 13.2 Å². The maximum Gasteiger partial charge on any atom is 0.280 e. The van der Waals surface area contributed by atoms with E-state index in [-0.39, 0.29) is 17.9 Å². The zero-order valence-electron chi connectivity index (χ0n) is 11.1. The predicted octanol–water partition coefficient (Wildman–Crippen LogP) is 0.611. The summed E-state index contributed by atoms with van der Waals surface area (Å²) in [5.74, 6) is -1.46. The van der Waals surface area contributed by atoms with E-state index >= 15 is 0 Å². The number of hydrazine groups is 1. The summed E-state index contributed by atoms with van der Waals surface area (Å²) in [6.07, 6.45) is 0. The summed E-state index contributed by atoms with van der Waals surface area (Å²) in [4.78, 5) is 37.3. The van der Waals surface area contributed by atoms with Gasteiger partial charge in [0.2, 0.25) is 0 Å². The quantitative estimate of drug-likeness (QED) is 0.560. The summed E-state index contributed by atoms with van der Waals surface area (Å²) < 4.78 is 5.36. The standard InChI is InChI=1S/C15H12N2O4/c1-8-11-6-21-7-12(11)16(13(8)18)17-14(19)9-4-2-3-5-10(9)15(17)20/h2-5,11-12H,1,6-7H2/t11-,12-/m1/s1. The topological polar surface area (TPSA) is 66.9 Å². The summed E-state index contributed by atoms with van der Waals surface area (Å²) >= 11 is 0. The zero-order valence-corrected chi connectivity index (χ0v) is 11.1. The fourth-order valence-electron chi connectivity index (χ4n) is 3.18. The Balaban J connectivity index is 1.78. The Morgan fingerprint density at radius 2 is 1.62 bits per heavy atom. The van der Waals surface area contributed by atoms with Crippen LogP contribution in [0.1, 0.15) is 20.7 Å². The molecule has 0 unspecified atom stereocenters. The van der Waals surface area contributed by atoms with Crippen LogP contribution >= 0.6 is 0 Å². The average Bonchev–Trinajstić information content (AvgIpc) is 3.12. The average molecular weight is 284 g/mol. The largest absolute Gasteiger partial charge is 0.378 e. The molecule has 0 N–H and O–H groups in total. The lowest BCUT2D eigenvalue weighted by atomic mass is 10.0. The Hall–Kier alpha value is -2.47. The number of hydrogen-bond donors (Lipinski definition) is 0. The first-order chi connectivity index (χ1) is 10.1. The van der Waals surface area contributed by atoms with Crippen LogP contribution in [-0.2, 0) is 9.53 Å². The first-order valence-electron chi connectivity index (χ1n) is 6.69. The lowest BCUT2D eigenvalue weighted by Crippen LogP contribution is -2.52. The van der Waals surface area contributed by atoms with Crippen LogP contribution in [0.3, 0.4) is 0 Å². The van der Waals surface area contributed by atoms with E-state index in [0.29, 0.717) is 29.9 Å². The number of benzene rings is 1. The highest BCUT2D eigenvalue weighted by Gasteiger charge is 2.53. The van der Waals surface area contributed by atoms with Crippen molar-refractivity contribution >= 4 is 17.7 Å². The maximum absolute atomic E-state index is 12.5. The van der Waals surface area contributed by atoms with E-state index in [1.165, 1.54) is 5.01 Å². The third-order valence-electron chi connectivity index (χ3n) is 4.28. The van der Waals surface area contributed by atoms with Crippen LogP contribution in [-0.4, -0.2) is 47.0 Å². The van der Waals surface area contributed by atoms with E-state index in [9.17, 15) is 14.4 Å². The number of fused-ring (bicyclic) bond motifs is 2. The Bertz CT molecular complexity index is 676. The fourth-order valence-corrected chi connectivity index (χ4v) is 3.18. The lowest BCUT2D eigenvalue weighted by Gasteiger charge is -2.29. The highest BCUT2D eigenvalue weighted by atomic mass is 16.5. The van der Waals surface area contributed by atoms with Gasteiger partial charge in [-0.3, -0.25) is 14.4 Å². The number of hydrogen-bond acceptors (Lipinski definition) is 4. The molecule has 1 aromatic rings. The second-order valence-electron chi connectivity index (χ2n) is 5.35. The molecule has 0 aromatic heterocycles. The molecule has 106 valence electrons. The highest BCUT2D eigenvalue weighted by Crippen LogP contribution is 2.37. The van der Waals surface area contributed by atoms with Crippen molar-refractivity contribution in [3.63, 3.8) is 0 Å². The normalized spacial score (nSPS) is 27.6. The number of amides is 3. The van der Waals surface area contributed by atoms with Crippen molar-refractivity contribution in [2.45, 2.75) is 6.04 Å². The monoisotopic (exact) mass is 284 g/mol. The van der Waals surface area contributed by atoms with Gasteiger partial charge in [-0.15, -0.1) is 0 Å². The molecule has 2 fully saturated rings. The Labute approximate surface area is 120 Å². The molecule has 4 rings (SSSR count). The molecule has 0 radical (unpaired) electrons. The molecule has 3 aliphatic heterocycles. The molecule has 2 atom stereocenters. The second kappa shape index (κ2) is 4.02. The molecule has 2 saturated heterocycles. The van der Waals surface area contributed by atoms with Gasteiger partial charge in [0.05, 0.1) is 30.4 Å². The van der Waals surface area contributed by atoms with Gasteiger partial charge in [0.1, 0.15) is 0 Å². The third kappa shape index (κ3) is 1.42. The highest BCUT2D eigenvalue weighted by molar-refractivity contribution is 6.22. The van der Waals surface area contributed by atoms with Crippen LogP contribution < -0.4 is 0 Å². The summed E-state index contributed by atoms with van der Waals surface area (Å²) in [6.45, 7) is 4.48. The molecule has 3 heterocycles. The van der Waals surface area contributed by atoms with Gasteiger partial charge < -0.3 is 4.74 Å². The predicted molar refractivity (Wildman–Crippen MR) is 71.0 cm³/mol. The third-order valence-corrected chi connectivity index (χ3v) is 4.28. The molecule has 0 bridgehead atoms. The van der Waals surface area contributed by atoms with Gasteiger partial charge in [0.25, 0.3) is 17.7 Å². The van der Waals surface area contributed by atoms with Crippen LogP contribution in [0.2, 0.25) is 0 Å². The molecular formula is C15H12N2O4. The Morgan fingerprint density at radius 3 is 2.24 bits per heavy atom. The van der Waals surface area contributed by atoms with Crippen molar-refractivity contribution in [3.05, 3.63) is 47.5 Å². The van der Waals surface area contributed by atoms with E-state index < -0.39 is 11.8 Å². The number of ether oxygens (including phenoxy) is 1.